The van der Waals surface area contributed by atoms with E-state index in [9.17, 15) is 8.42 Å². The molecule has 0 spiro atoms. The smallest absolute Gasteiger partial charge is 0.268 e. The van der Waals surface area contributed by atoms with Gasteiger partial charge in [0.1, 0.15) is 10.6 Å². The largest absolute Gasteiger partial charge is 0.268 e. The first kappa shape index (κ1) is 16.4. The molecule has 0 unspecified atom stereocenters. The highest BCUT2D eigenvalue weighted by Crippen LogP contribution is 2.37. The summed E-state index contributed by atoms with van der Waals surface area (Å²) in [4.78, 5) is 1.14. The highest BCUT2D eigenvalue weighted by Gasteiger charge is 2.34. The van der Waals surface area contributed by atoms with E-state index in [1.54, 1.807) is 10.9 Å². The second kappa shape index (κ2) is 6.00. The van der Waals surface area contributed by atoms with E-state index in [1.165, 1.54) is 15.6 Å². The lowest BCUT2D eigenvalue weighted by Gasteiger charge is -2.19. The van der Waals surface area contributed by atoms with E-state index in [0.717, 1.165) is 22.5 Å². The van der Waals surface area contributed by atoms with Gasteiger partial charge in [0, 0.05) is 18.8 Å². The van der Waals surface area contributed by atoms with Crippen LogP contribution in [0.25, 0.3) is 10.6 Å². The van der Waals surface area contributed by atoms with Crippen molar-refractivity contribution in [2.75, 3.05) is 10.8 Å². The number of benzene rings is 1. The molecule has 2 aromatic heterocycles. The molecule has 1 aliphatic heterocycles. The first-order valence-corrected chi connectivity index (χ1v) is 10.5. The van der Waals surface area contributed by atoms with Crippen LogP contribution in [0.2, 0.25) is 0 Å². The molecular formula is C18H19N3O2S2. The second-order valence-electron chi connectivity index (χ2n) is 6.35. The van der Waals surface area contributed by atoms with Crippen molar-refractivity contribution in [1.82, 2.24) is 9.78 Å². The number of para-hydroxylation sites is 1. The number of anilines is 1. The van der Waals surface area contributed by atoms with Crippen molar-refractivity contribution in [3.63, 3.8) is 0 Å². The molecule has 0 aliphatic carbocycles. The Morgan fingerprint density at radius 2 is 1.96 bits per heavy atom. The fourth-order valence-electron chi connectivity index (χ4n) is 3.09. The van der Waals surface area contributed by atoms with E-state index < -0.39 is 10.0 Å². The molecule has 3 aromatic rings. The minimum atomic E-state index is -3.66. The molecule has 1 aromatic carbocycles. The molecule has 5 nitrogen and oxygen atoms in total. The SMILES string of the molecule is CC(C)n1cc(S(=O)(=O)N2CCc3ccccc32)c(-c2cccs2)n1. The Labute approximate surface area is 151 Å². The quantitative estimate of drug-likeness (QED) is 0.696. The highest BCUT2D eigenvalue weighted by atomic mass is 32.2. The zero-order valence-electron chi connectivity index (χ0n) is 14.1. The summed E-state index contributed by atoms with van der Waals surface area (Å²) >= 11 is 1.50. The fraction of sp³-hybridized carbons (Fsp3) is 0.278. The molecule has 0 radical (unpaired) electrons. The predicted octanol–water partition coefficient (Wildman–Crippen LogP) is 3.94. The molecule has 7 heteroatoms. The zero-order chi connectivity index (χ0) is 17.6. The average molecular weight is 374 g/mol. The fourth-order valence-corrected chi connectivity index (χ4v) is 5.52. The minimum absolute atomic E-state index is 0.0912. The van der Waals surface area contributed by atoms with Crippen LogP contribution in [0.5, 0.6) is 0 Å². The van der Waals surface area contributed by atoms with Crippen LogP contribution in [0.3, 0.4) is 0 Å². The van der Waals surface area contributed by atoms with Gasteiger partial charge in [0.15, 0.2) is 0 Å². The Balaban J connectivity index is 1.87. The average Bonchev–Trinajstić information content (AvgIpc) is 3.32. The molecule has 0 amide bonds. The Morgan fingerprint density at radius 1 is 1.16 bits per heavy atom. The number of fused-ring (bicyclic) bond motifs is 1. The summed E-state index contributed by atoms with van der Waals surface area (Å²) in [5.41, 5.74) is 2.38. The van der Waals surface area contributed by atoms with Gasteiger partial charge in [0.25, 0.3) is 10.0 Å². The van der Waals surface area contributed by atoms with Gasteiger partial charge in [-0.15, -0.1) is 11.3 Å². The van der Waals surface area contributed by atoms with E-state index in [4.69, 9.17) is 0 Å². The Kier molecular flexibility index (Phi) is 3.92. The molecule has 130 valence electrons. The van der Waals surface area contributed by atoms with Gasteiger partial charge in [-0.25, -0.2) is 8.42 Å². The first-order chi connectivity index (χ1) is 12.0. The van der Waals surface area contributed by atoms with Gasteiger partial charge in [-0.05, 0) is 43.3 Å². The molecule has 0 saturated carbocycles. The summed E-state index contributed by atoms with van der Waals surface area (Å²) < 4.78 is 30.1. The topological polar surface area (TPSA) is 55.2 Å². The number of rotatable bonds is 4. The van der Waals surface area contributed by atoms with Gasteiger partial charge in [-0.2, -0.15) is 5.10 Å². The van der Waals surface area contributed by atoms with Crippen LogP contribution in [0.1, 0.15) is 25.5 Å². The molecule has 4 rings (SSSR count). The summed E-state index contributed by atoms with van der Waals surface area (Å²) in [6.45, 7) is 4.46. The van der Waals surface area contributed by atoms with Gasteiger partial charge in [0.2, 0.25) is 0 Å². The van der Waals surface area contributed by atoms with Crippen molar-refractivity contribution in [3.05, 3.63) is 53.5 Å². The van der Waals surface area contributed by atoms with Crippen molar-refractivity contribution < 1.29 is 8.42 Å². The maximum atomic E-state index is 13.4. The maximum Gasteiger partial charge on any atom is 0.268 e. The van der Waals surface area contributed by atoms with E-state index >= 15 is 0 Å². The van der Waals surface area contributed by atoms with Crippen LogP contribution in [0.15, 0.2) is 52.9 Å². The lowest BCUT2D eigenvalue weighted by molar-refractivity contribution is 0.532. The molecule has 25 heavy (non-hydrogen) atoms. The standard InChI is InChI=1S/C18H19N3O2S2/c1-13(2)20-12-17(18(19-20)16-8-5-11-24-16)25(22,23)21-10-9-14-6-3-4-7-15(14)21/h3-8,11-13H,9-10H2,1-2H3. The van der Waals surface area contributed by atoms with E-state index in [-0.39, 0.29) is 10.9 Å². The van der Waals surface area contributed by atoms with Crippen LogP contribution in [0, 0.1) is 0 Å². The number of thiophene rings is 1. The number of hydrogen-bond donors (Lipinski definition) is 0. The predicted molar refractivity (Wildman–Crippen MR) is 101 cm³/mol. The van der Waals surface area contributed by atoms with Crippen molar-refractivity contribution in [2.24, 2.45) is 0 Å². The normalized spacial score (nSPS) is 14.3. The van der Waals surface area contributed by atoms with Crippen LogP contribution in [0.4, 0.5) is 5.69 Å². The minimum Gasteiger partial charge on any atom is -0.268 e. The van der Waals surface area contributed by atoms with Crippen LogP contribution in [-0.2, 0) is 16.4 Å². The summed E-state index contributed by atoms with van der Waals surface area (Å²) in [6, 6.07) is 11.6. The van der Waals surface area contributed by atoms with Crippen LogP contribution in [-0.4, -0.2) is 24.7 Å². The monoisotopic (exact) mass is 373 g/mol. The third-order valence-corrected chi connectivity index (χ3v) is 7.09. The van der Waals surface area contributed by atoms with E-state index in [1.807, 2.05) is 55.6 Å². The van der Waals surface area contributed by atoms with Gasteiger partial charge in [-0.3, -0.25) is 8.99 Å². The van der Waals surface area contributed by atoms with E-state index in [0.29, 0.717) is 12.2 Å². The van der Waals surface area contributed by atoms with Crippen LogP contribution < -0.4 is 4.31 Å². The third kappa shape index (κ3) is 2.67. The molecule has 0 bridgehead atoms. The Morgan fingerprint density at radius 3 is 2.68 bits per heavy atom. The second-order valence-corrected chi connectivity index (χ2v) is 9.13. The third-order valence-electron chi connectivity index (χ3n) is 4.39. The van der Waals surface area contributed by atoms with Crippen LogP contribution >= 0.6 is 11.3 Å². The number of nitrogens with zero attached hydrogens (tertiary/aromatic N) is 3. The lowest BCUT2D eigenvalue weighted by Crippen LogP contribution is -2.29. The number of sulfonamides is 1. The Hall–Kier alpha value is -2.12. The Bertz CT molecular complexity index is 1000. The van der Waals surface area contributed by atoms with Gasteiger partial charge >= 0.3 is 0 Å². The van der Waals surface area contributed by atoms with Crippen molar-refractivity contribution in [3.8, 4) is 10.6 Å². The summed E-state index contributed by atoms with van der Waals surface area (Å²) in [5, 5.41) is 6.50. The van der Waals surface area contributed by atoms with E-state index in [2.05, 4.69) is 5.10 Å². The molecule has 3 heterocycles. The summed E-state index contributed by atoms with van der Waals surface area (Å²) in [7, 11) is -3.66. The molecule has 0 atom stereocenters. The number of hydrogen-bond acceptors (Lipinski definition) is 4. The number of aromatic nitrogens is 2. The zero-order valence-corrected chi connectivity index (χ0v) is 15.7. The van der Waals surface area contributed by atoms with Gasteiger partial charge in [-0.1, -0.05) is 24.3 Å². The lowest BCUT2D eigenvalue weighted by atomic mass is 10.2. The first-order valence-electron chi connectivity index (χ1n) is 8.22. The summed E-state index contributed by atoms with van der Waals surface area (Å²) in [6.07, 6.45) is 2.40. The molecular weight excluding hydrogens is 354 g/mol. The maximum absolute atomic E-state index is 13.4. The van der Waals surface area contributed by atoms with Crippen molar-refractivity contribution in [2.45, 2.75) is 31.2 Å². The highest BCUT2D eigenvalue weighted by molar-refractivity contribution is 7.93. The van der Waals surface area contributed by atoms with Crippen molar-refractivity contribution >= 4 is 27.0 Å². The molecule has 1 aliphatic rings. The molecule has 0 N–H and O–H groups in total. The van der Waals surface area contributed by atoms with Gasteiger partial charge < -0.3 is 0 Å². The summed E-state index contributed by atoms with van der Waals surface area (Å²) in [5.74, 6) is 0. The molecule has 0 fully saturated rings. The molecule has 0 saturated heterocycles. The van der Waals surface area contributed by atoms with Gasteiger partial charge in [0.05, 0.1) is 10.6 Å². The van der Waals surface area contributed by atoms with Crippen molar-refractivity contribution in [1.29, 1.82) is 0 Å².